The molecule has 0 radical (unpaired) electrons. The second-order valence-electron chi connectivity index (χ2n) is 12.0. The molecule has 3 saturated carbocycles. The summed E-state index contributed by atoms with van der Waals surface area (Å²) < 4.78 is 0. The van der Waals surface area contributed by atoms with Crippen molar-refractivity contribution in [3.8, 4) is 0 Å². The van der Waals surface area contributed by atoms with E-state index >= 15 is 0 Å². The molecule has 0 bridgehead atoms. The average molecular weight is 453 g/mol. The molecule has 33 heavy (non-hydrogen) atoms. The maximum Gasteiger partial charge on any atom is 0.309 e. The number of carbonyl (C=O) groups is 1. The number of hydrogen-bond donors (Lipinski definition) is 1. The van der Waals surface area contributed by atoms with Crippen molar-refractivity contribution in [1.82, 2.24) is 0 Å². The summed E-state index contributed by atoms with van der Waals surface area (Å²) in [4.78, 5) is 12.8. The Bertz CT molecular complexity index is 729. The Morgan fingerprint density at radius 3 is 1.70 bits per heavy atom. The van der Waals surface area contributed by atoms with Crippen LogP contribution in [0.1, 0.15) is 122 Å². The molecule has 0 spiro atoms. The molecule has 1 aromatic carbocycles. The summed E-state index contributed by atoms with van der Waals surface area (Å²) in [5, 5.41) is 10.6. The molecule has 184 valence electrons. The Morgan fingerprint density at radius 1 is 0.758 bits per heavy atom. The van der Waals surface area contributed by atoms with E-state index in [0.717, 1.165) is 56.3 Å². The molecule has 0 amide bonds. The summed E-state index contributed by atoms with van der Waals surface area (Å²) in [6, 6.07) is 11.2. The molecular formula is C31H48O2. The van der Waals surface area contributed by atoms with Crippen LogP contribution >= 0.6 is 0 Å². The largest absolute Gasteiger partial charge is 0.481 e. The second kappa shape index (κ2) is 11.0. The minimum absolute atomic E-state index is 0.191. The van der Waals surface area contributed by atoms with Crippen LogP contribution in [0.15, 0.2) is 30.3 Å². The third-order valence-corrected chi connectivity index (χ3v) is 10.5. The van der Waals surface area contributed by atoms with Crippen molar-refractivity contribution in [2.45, 2.75) is 122 Å². The number of aliphatic carboxylic acids is 1. The molecular weight excluding hydrogens is 404 g/mol. The van der Waals surface area contributed by atoms with Gasteiger partial charge in [0.15, 0.2) is 0 Å². The van der Waals surface area contributed by atoms with Crippen molar-refractivity contribution in [1.29, 1.82) is 0 Å². The van der Waals surface area contributed by atoms with Crippen LogP contribution in [0.25, 0.3) is 0 Å². The van der Waals surface area contributed by atoms with Gasteiger partial charge in [0, 0.05) is 0 Å². The maximum absolute atomic E-state index is 12.8. The van der Waals surface area contributed by atoms with E-state index in [9.17, 15) is 9.90 Å². The summed E-state index contributed by atoms with van der Waals surface area (Å²) in [6.45, 7) is 4.60. The van der Waals surface area contributed by atoms with Crippen molar-refractivity contribution >= 4 is 5.97 Å². The van der Waals surface area contributed by atoms with E-state index in [1.165, 1.54) is 69.8 Å². The van der Waals surface area contributed by atoms with E-state index in [2.05, 4.69) is 44.2 Å². The lowest BCUT2D eigenvalue weighted by atomic mass is 9.50. The normalized spacial score (nSPS) is 37.5. The van der Waals surface area contributed by atoms with Gasteiger partial charge < -0.3 is 5.11 Å². The van der Waals surface area contributed by atoms with Gasteiger partial charge >= 0.3 is 5.97 Å². The minimum Gasteiger partial charge on any atom is -0.481 e. The van der Waals surface area contributed by atoms with Crippen molar-refractivity contribution in [3.63, 3.8) is 0 Å². The summed E-state index contributed by atoms with van der Waals surface area (Å²) in [5.74, 6) is 2.37. The molecule has 3 aliphatic rings. The molecule has 0 aliphatic heterocycles. The first-order valence-corrected chi connectivity index (χ1v) is 14.3. The van der Waals surface area contributed by atoms with Gasteiger partial charge in [-0.05, 0) is 86.0 Å². The molecule has 0 heterocycles. The molecule has 0 unspecified atom stereocenters. The van der Waals surface area contributed by atoms with Crippen molar-refractivity contribution < 1.29 is 9.90 Å². The first kappa shape index (κ1) is 24.8. The van der Waals surface area contributed by atoms with Gasteiger partial charge in [0.05, 0.1) is 5.41 Å². The monoisotopic (exact) mass is 452 g/mol. The predicted octanol–water partition coefficient (Wildman–Crippen LogP) is 8.78. The molecule has 1 aromatic rings. The lowest BCUT2D eigenvalue weighted by molar-refractivity contribution is -0.159. The van der Waals surface area contributed by atoms with Crippen LogP contribution in [0.3, 0.4) is 0 Å². The third kappa shape index (κ3) is 5.06. The van der Waals surface area contributed by atoms with Gasteiger partial charge in [-0.2, -0.15) is 0 Å². The lowest BCUT2D eigenvalue weighted by Gasteiger charge is -2.53. The molecule has 3 aliphatic carbocycles. The zero-order valence-electron chi connectivity index (χ0n) is 21.4. The number of benzene rings is 1. The van der Waals surface area contributed by atoms with E-state index in [0.29, 0.717) is 5.92 Å². The topological polar surface area (TPSA) is 37.3 Å². The summed E-state index contributed by atoms with van der Waals surface area (Å²) in [6.07, 6.45) is 19.4. The van der Waals surface area contributed by atoms with Gasteiger partial charge in [-0.15, -0.1) is 0 Å². The molecule has 1 N–H and O–H groups in total. The van der Waals surface area contributed by atoms with Crippen molar-refractivity contribution in [3.05, 3.63) is 35.9 Å². The number of carboxylic acid groups (broad SMARTS) is 1. The highest BCUT2D eigenvalue weighted by atomic mass is 16.4. The standard InChI is InChI=1S/C31H48O2/c1-3-8-24-12-16-27(17-13-24)30(26-10-6-5-7-11-26)20-22-31(23-21-30,29(32)33)28-18-14-25(9-4-2)15-19-28/h5-7,10-11,24-25,27-28H,3-4,8-9,12-23H2,1-2H3,(H,32,33). The SMILES string of the molecule is CCCC1CCC(C2(C(=O)O)CCC(c3ccccc3)(C3CCC(CCC)CC3)CC2)CC1. The maximum atomic E-state index is 12.8. The van der Waals surface area contributed by atoms with E-state index in [1.54, 1.807) is 0 Å². The molecule has 2 nitrogen and oxygen atoms in total. The van der Waals surface area contributed by atoms with Crippen LogP contribution < -0.4 is 0 Å². The van der Waals surface area contributed by atoms with Crippen LogP contribution in [-0.2, 0) is 10.2 Å². The fraction of sp³-hybridized carbons (Fsp3) is 0.774. The van der Waals surface area contributed by atoms with Gasteiger partial charge in [-0.1, -0.05) is 95.5 Å². The van der Waals surface area contributed by atoms with Crippen LogP contribution in [-0.4, -0.2) is 11.1 Å². The fourth-order valence-electron chi connectivity index (χ4n) is 8.47. The van der Waals surface area contributed by atoms with Crippen molar-refractivity contribution in [2.75, 3.05) is 0 Å². The smallest absolute Gasteiger partial charge is 0.309 e. The Hall–Kier alpha value is -1.31. The number of rotatable bonds is 8. The lowest BCUT2D eigenvalue weighted by Crippen LogP contribution is -2.49. The van der Waals surface area contributed by atoms with Crippen LogP contribution in [0.5, 0.6) is 0 Å². The molecule has 3 fully saturated rings. The van der Waals surface area contributed by atoms with E-state index in [1.807, 2.05) is 0 Å². The summed E-state index contributed by atoms with van der Waals surface area (Å²) in [5.41, 5.74) is 1.21. The van der Waals surface area contributed by atoms with Gasteiger partial charge in [0.2, 0.25) is 0 Å². The predicted molar refractivity (Wildman–Crippen MR) is 137 cm³/mol. The Labute approximate surface area is 202 Å². The molecule has 4 rings (SSSR count). The van der Waals surface area contributed by atoms with Gasteiger partial charge in [-0.25, -0.2) is 0 Å². The minimum atomic E-state index is -0.491. The van der Waals surface area contributed by atoms with Gasteiger partial charge in [-0.3, -0.25) is 4.79 Å². The Balaban J connectivity index is 1.53. The van der Waals surface area contributed by atoms with E-state index in [-0.39, 0.29) is 5.41 Å². The summed E-state index contributed by atoms with van der Waals surface area (Å²) in [7, 11) is 0. The fourth-order valence-corrected chi connectivity index (χ4v) is 8.47. The van der Waals surface area contributed by atoms with Gasteiger partial charge in [0.1, 0.15) is 0 Å². The zero-order valence-corrected chi connectivity index (χ0v) is 21.4. The van der Waals surface area contributed by atoms with E-state index < -0.39 is 11.4 Å². The first-order chi connectivity index (χ1) is 16.0. The Morgan fingerprint density at radius 2 is 1.24 bits per heavy atom. The first-order valence-electron chi connectivity index (χ1n) is 14.3. The highest BCUT2D eigenvalue weighted by Crippen LogP contribution is 2.58. The molecule has 0 saturated heterocycles. The third-order valence-electron chi connectivity index (χ3n) is 10.5. The molecule has 2 heteroatoms. The molecule has 0 atom stereocenters. The average Bonchev–Trinajstić information content (AvgIpc) is 2.86. The number of hydrogen-bond acceptors (Lipinski definition) is 1. The highest BCUT2D eigenvalue weighted by Gasteiger charge is 2.54. The van der Waals surface area contributed by atoms with E-state index in [4.69, 9.17) is 0 Å². The van der Waals surface area contributed by atoms with Crippen molar-refractivity contribution in [2.24, 2.45) is 29.1 Å². The van der Waals surface area contributed by atoms with Gasteiger partial charge in [0.25, 0.3) is 0 Å². The molecule has 0 aromatic heterocycles. The van der Waals surface area contributed by atoms with Crippen LogP contribution in [0, 0.1) is 29.1 Å². The quantitative estimate of drug-likeness (QED) is 0.428. The second-order valence-corrected chi connectivity index (χ2v) is 12.0. The number of carboxylic acids is 1. The van der Waals surface area contributed by atoms with Crippen LogP contribution in [0.2, 0.25) is 0 Å². The Kier molecular flexibility index (Phi) is 8.24. The zero-order chi connectivity index (χ0) is 23.3. The van der Waals surface area contributed by atoms with Crippen LogP contribution in [0.4, 0.5) is 0 Å². The highest BCUT2D eigenvalue weighted by molar-refractivity contribution is 5.75. The summed E-state index contributed by atoms with van der Waals surface area (Å²) >= 11 is 0.